The van der Waals surface area contributed by atoms with Crippen molar-refractivity contribution < 1.29 is 9.72 Å². The summed E-state index contributed by atoms with van der Waals surface area (Å²) in [5.74, 6) is -0.232. The van der Waals surface area contributed by atoms with Crippen molar-refractivity contribution in [3.8, 4) is 0 Å². The SMILES string of the molecule is Cc1ccc([N+](=O)[O-])c(C(=O)N2CCCCC2CBr)c1. The number of aryl methyl sites for hydroxylation is 1. The highest BCUT2D eigenvalue weighted by molar-refractivity contribution is 9.09. The van der Waals surface area contributed by atoms with Gasteiger partial charge in [-0.25, -0.2) is 0 Å². The standard InChI is InChI=1S/C14H17BrN2O3/c1-10-5-6-13(17(19)20)12(8-10)14(18)16-7-3-2-4-11(16)9-15/h5-6,8,11H,2-4,7,9H2,1H3. The van der Waals surface area contributed by atoms with Crippen molar-refractivity contribution in [2.45, 2.75) is 32.2 Å². The van der Waals surface area contributed by atoms with Gasteiger partial charge < -0.3 is 4.90 Å². The van der Waals surface area contributed by atoms with Crippen LogP contribution in [0.3, 0.4) is 0 Å². The van der Waals surface area contributed by atoms with Crippen LogP contribution >= 0.6 is 15.9 Å². The zero-order valence-electron chi connectivity index (χ0n) is 11.3. The van der Waals surface area contributed by atoms with Crippen LogP contribution in [0.25, 0.3) is 0 Å². The molecule has 1 amide bonds. The molecule has 1 unspecified atom stereocenters. The van der Waals surface area contributed by atoms with E-state index in [1.807, 2.05) is 6.92 Å². The fraction of sp³-hybridized carbons (Fsp3) is 0.500. The Morgan fingerprint density at radius 1 is 1.50 bits per heavy atom. The second-order valence-electron chi connectivity index (χ2n) is 5.08. The van der Waals surface area contributed by atoms with Gasteiger partial charge in [-0.15, -0.1) is 0 Å². The molecule has 2 rings (SSSR count). The Balaban J connectivity index is 2.36. The molecule has 5 nitrogen and oxygen atoms in total. The summed E-state index contributed by atoms with van der Waals surface area (Å²) < 4.78 is 0. The first-order valence-corrected chi connectivity index (χ1v) is 7.78. The molecule has 0 spiro atoms. The number of carbonyl (C=O) groups is 1. The van der Waals surface area contributed by atoms with E-state index in [1.165, 1.54) is 6.07 Å². The lowest BCUT2D eigenvalue weighted by Crippen LogP contribution is -2.44. The number of rotatable bonds is 3. The van der Waals surface area contributed by atoms with Gasteiger partial charge in [0.25, 0.3) is 11.6 Å². The van der Waals surface area contributed by atoms with E-state index in [9.17, 15) is 14.9 Å². The molecule has 1 aliphatic heterocycles. The first-order valence-electron chi connectivity index (χ1n) is 6.66. The number of likely N-dealkylation sites (tertiary alicyclic amines) is 1. The minimum atomic E-state index is -0.486. The molecular formula is C14H17BrN2O3. The normalized spacial score (nSPS) is 18.9. The van der Waals surface area contributed by atoms with Crippen LogP contribution in [0.2, 0.25) is 0 Å². The summed E-state index contributed by atoms with van der Waals surface area (Å²) >= 11 is 3.43. The summed E-state index contributed by atoms with van der Waals surface area (Å²) in [7, 11) is 0. The molecule has 0 N–H and O–H groups in total. The lowest BCUT2D eigenvalue weighted by atomic mass is 10.0. The molecule has 0 aliphatic carbocycles. The third-order valence-corrected chi connectivity index (χ3v) is 4.39. The Hall–Kier alpha value is -1.43. The Morgan fingerprint density at radius 2 is 2.25 bits per heavy atom. The van der Waals surface area contributed by atoms with Crippen molar-refractivity contribution in [1.29, 1.82) is 0 Å². The zero-order valence-corrected chi connectivity index (χ0v) is 12.9. The van der Waals surface area contributed by atoms with Gasteiger partial charge >= 0.3 is 0 Å². The van der Waals surface area contributed by atoms with Gasteiger partial charge in [0.2, 0.25) is 0 Å². The summed E-state index contributed by atoms with van der Waals surface area (Å²) in [4.78, 5) is 25.0. The minimum Gasteiger partial charge on any atom is -0.335 e. The number of nitro groups is 1. The van der Waals surface area contributed by atoms with Gasteiger partial charge in [-0.05, 0) is 37.8 Å². The second-order valence-corrected chi connectivity index (χ2v) is 5.73. The fourth-order valence-electron chi connectivity index (χ4n) is 2.56. The molecule has 1 aliphatic rings. The van der Waals surface area contributed by atoms with Gasteiger partial charge in [-0.2, -0.15) is 0 Å². The molecule has 1 heterocycles. The number of benzene rings is 1. The number of halogens is 1. The van der Waals surface area contributed by atoms with Crippen molar-refractivity contribution in [3.63, 3.8) is 0 Å². The molecule has 1 aromatic rings. The highest BCUT2D eigenvalue weighted by atomic mass is 79.9. The van der Waals surface area contributed by atoms with Crippen LogP contribution in [0, 0.1) is 17.0 Å². The molecule has 1 atom stereocenters. The van der Waals surface area contributed by atoms with Gasteiger partial charge in [-0.3, -0.25) is 14.9 Å². The van der Waals surface area contributed by atoms with E-state index < -0.39 is 4.92 Å². The molecule has 1 fully saturated rings. The number of hydrogen-bond donors (Lipinski definition) is 0. The van der Waals surface area contributed by atoms with Crippen molar-refractivity contribution in [3.05, 3.63) is 39.4 Å². The van der Waals surface area contributed by atoms with Crippen molar-refractivity contribution in [2.24, 2.45) is 0 Å². The number of amides is 1. The molecule has 6 heteroatoms. The van der Waals surface area contributed by atoms with E-state index in [0.717, 1.165) is 24.8 Å². The van der Waals surface area contributed by atoms with Crippen LogP contribution in [-0.2, 0) is 0 Å². The van der Waals surface area contributed by atoms with E-state index in [-0.39, 0.29) is 23.2 Å². The monoisotopic (exact) mass is 340 g/mol. The number of nitro benzene ring substituents is 1. The number of alkyl halides is 1. The van der Waals surface area contributed by atoms with Crippen LogP contribution in [0.5, 0.6) is 0 Å². The summed E-state index contributed by atoms with van der Waals surface area (Å²) in [6.07, 6.45) is 2.99. The van der Waals surface area contributed by atoms with Gasteiger partial charge in [-0.1, -0.05) is 22.0 Å². The van der Waals surface area contributed by atoms with Crippen molar-refractivity contribution in [1.82, 2.24) is 4.90 Å². The molecule has 1 aromatic carbocycles. The topological polar surface area (TPSA) is 63.5 Å². The maximum absolute atomic E-state index is 12.6. The largest absolute Gasteiger partial charge is 0.335 e. The number of nitrogens with zero attached hydrogens (tertiary/aromatic N) is 2. The maximum Gasteiger partial charge on any atom is 0.282 e. The van der Waals surface area contributed by atoms with Crippen molar-refractivity contribution >= 4 is 27.5 Å². The van der Waals surface area contributed by atoms with E-state index in [2.05, 4.69) is 15.9 Å². The quantitative estimate of drug-likeness (QED) is 0.481. The van der Waals surface area contributed by atoms with E-state index in [4.69, 9.17) is 0 Å². The summed E-state index contributed by atoms with van der Waals surface area (Å²) in [6.45, 7) is 2.50. The Kier molecular flexibility index (Phi) is 4.75. The predicted octanol–water partition coefficient (Wildman–Crippen LogP) is 3.29. The highest BCUT2D eigenvalue weighted by Gasteiger charge is 2.30. The third kappa shape index (κ3) is 3.00. The summed E-state index contributed by atoms with van der Waals surface area (Å²) in [6, 6.07) is 4.81. The lowest BCUT2D eigenvalue weighted by Gasteiger charge is -2.34. The minimum absolute atomic E-state index is 0.112. The van der Waals surface area contributed by atoms with E-state index in [0.29, 0.717) is 11.9 Å². The van der Waals surface area contributed by atoms with Crippen LogP contribution in [0.15, 0.2) is 18.2 Å². The molecule has 0 saturated carbocycles. The number of piperidine rings is 1. The summed E-state index contributed by atoms with van der Waals surface area (Å²) in [5, 5.41) is 11.8. The Labute approximate surface area is 126 Å². The number of hydrogen-bond acceptors (Lipinski definition) is 3. The second kappa shape index (κ2) is 6.35. The molecule has 1 saturated heterocycles. The average molecular weight is 341 g/mol. The number of carbonyl (C=O) groups excluding carboxylic acids is 1. The van der Waals surface area contributed by atoms with Crippen LogP contribution < -0.4 is 0 Å². The Morgan fingerprint density at radius 3 is 2.90 bits per heavy atom. The predicted molar refractivity (Wildman–Crippen MR) is 80.3 cm³/mol. The smallest absolute Gasteiger partial charge is 0.282 e. The zero-order chi connectivity index (χ0) is 14.7. The average Bonchev–Trinajstić information content (AvgIpc) is 2.46. The highest BCUT2D eigenvalue weighted by Crippen LogP contribution is 2.26. The summed E-state index contributed by atoms with van der Waals surface area (Å²) in [5.41, 5.74) is 0.939. The van der Waals surface area contributed by atoms with Crippen molar-refractivity contribution in [2.75, 3.05) is 11.9 Å². The fourth-order valence-corrected chi connectivity index (χ4v) is 3.24. The van der Waals surface area contributed by atoms with Gasteiger partial charge in [0.15, 0.2) is 0 Å². The van der Waals surface area contributed by atoms with Gasteiger partial charge in [0.1, 0.15) is 5.56 Å². The van der Waals surface area contributed by atoms with E-state index >= 15 is 0 Å². The van der Waals surface area contributed by atoms with Crippen LogP contribution in [-0.4, -0.2) is 33.6 Å². The first kappa shape index (κ1) is 15.0. The molecule has 108 valence electrons. The van der Waals surface area contributed by atoms with E-state index in [1.54, 1.807) is 17.0 Å². The van der Waals surface area contributed by atoms with Crippen LogP contribution in [0.1, 0.15) is 35.2 Å². The Bertz CT molecular complexity index is 533. The third-order valence-electron chi connectivity index (χ3n) is 3.65. The molecular weight excluding hydrogens is 324 g/mol. The van der Waals surface area contributed by atoms with Gasteiger partial charge in [0.05, 0.1) is 4.92 Å². The lowest BCUT2D eigenvalue weighted by molar-refractivity contribution is -0.385. The van der Waals surface area contributed by atoms with Crippen LogP contribution in [0.4, 0.5) is 5.69 Å². The maximum atomic E-state index is 12.6. The van der Waals surface area contributed by atoms with Gasteiger partial charge in [0, 0.05) is 24.0 Å². The molecule has 0 radical (unpaired) electrons. The molecule has 20 heavy (non-hydrogen) atoms. The molecule has 0 aromatic heterocycles. The molecule has 0 bridgehead atoms. The first-order chi connectivity index (χ1) is 9.54.